The molecule has 0 radical (unpaired) electrons. The van der Waals surface area contributed by atoms with Crippen LogP contribution < -0.4 is 0 Å². The van der Waals surface area contributed by atoms with E-state index in [0.717, 1.165) is 38.6 Å². The molecule has 2 heterocycles. The molecule has 2 saturated heterocycles. The minimum absolute atomic E-state index is 0.0983. The summed E-state index contributed by atoms with van der Waals surface area (Å²) in [5, 5.41) is -0.208. The quantitative estimate of drug-likeness (QED) is 0.788. The number of sulfonamides is 1. The fraction of sp³-hybridized carbons (Fsp3) is 0.941. The van der Waals surface area contributed by atoms with Gasteiger partial charge in [-0.3, -0.25) is 4.79 Å². The van der Waals surface area contributed by atoms with Crippen LogP contribution in [0.2, 0.25) is 0 Å². The van der Waals surface area contributed by atoms with Gasteiger partial charge < -0.3 is 4.90 Å². The number of nitrogens with zero attached hydrogens (tertiary/aromatic N) is 2. The van der Waals surface area contributed by atoms with Crippen molar-refractivity contribution in [3.05, 3.63) is 0 Å². The summed E-state index contributed by atoms with van der Waals surface area (Å²) in [6.07, 6.45) is 10.3. The van der Waals surface area contributed by atoms with Gasteiger partial charge in [-0.05, 0) is 57.3 Å². The predicted molar refractivity (Wildman–Crippen MR) is 88.4 cm³/mol. The molecule has 0 aromatic carbocycles. The highest BCUT2D eigenvalue weighted by atomic mass is 32.2. The van der Waals surface area contributed by atoms with E-state index in [-0.39, 0.29) is 11.2 Å². The van der Waals surface area contributed by atoms with Crippen molar-refractivity contribution in [2.45, 2.75) is 81.5 Å². The fourth-order valence-corrected chi connectivity index (χ4v) is 6.99. The Morgan fingerprint density at radius 1 is 0.826 bits per heavy atom. The Labute approximate surface area is 139 Å². The SMILES string of the molecule is O=C([C@@H]1CCCN1S(=O)(=O)C1CC1)N1CCCC1C1CCCC1. The lowest BCUT2D eigenvalue weighted by Crippen LogP contribution is -2.51. The molecular formula is C17H28N2O3S. The number of carbonyl (C=O) groups excluding carboxylic acids is 1. The first-order valence-electron chi connectivity index (χ1n) is 9.40. The summed E-state index contributed by atoms with van der Waals surface area (Å²) >= 11 is 0. The van der Waals surface area contributed by atoms with Gasteiger partial charge in [0.25, 0.3) is 0 Å². The molecule has 4 fully saturated rings. The minimum Gasteiger partial charge on any atom is -0.338 e. The van der Waals surface area contributed by atoms with E-state index in [1.54, 1.807) is 4.31 Å². The largest absolute Gasteiger partial charge is 0.338 e. The first-order chi connectivity index (χ1) is 11.1. The first kappa shape index (κ1) is 15.9. The lowest BCUT2D eigenvalue weighted by molar-refractivity contribution is -0.136. The average molecular weight is 340 g/mol. The molecule has 4 aliphatic rings. The molecule has 0 N–H and O–H groups in total. The Morgan fingerprint density at radius 2 is 1.52 bits per heavy atom. The molecule has 5 nitrogen and oxygen atoms in total. The smallest absolute Gasteiger partial charge is 0.241 e. The van der Waals surface area contributed by atoms with Crippen molar-refractivity contribution in [3.8, 4) is 0 Å². The summed E-state index contributed by atoms with van der Waals surface area (Å²) in [7, 11) is -3.24. The maximum absolute atomic E-state index is 13.1. The maximum atomic E-state index is 13.1. The summed E-state index contributed by atoms with van der Waals surface area (Å²) in [6, 6.07) is -0.0429. The van der Waals surface area contributed by atoms with E-state index < -0.39 is 16.1 Å². The summed E-state index contributed by atoms with van der Waals surface area (Å²) in [4.78, 5) is 15.2. The second kappa shape index (κ2) is 6.03. The predicted octanol–water partition coefficient (Wildman–Crippen LogP) is 2.12. The van der Waals surface area contributed by atoms with Crippen LogP contribution in [0.4, 0.5) is 0 Å². The van der Waals surface area contributed by atoms with Crippen LogP contribution in [0.1, 0.15) is 64.2 Å². The molecule has 0 aromatic rings. The molecule has 2 aliphatic carbocycles. The van der Waals surface area contributed by atoms with Gasteiger partial charge in [0.2, 0.25) is 15.9 Å². The summed E-state index contributed by atoms with van der Waals surface area (Å²) < 4.78 is 26.8. The summed E-state index contributed by atoms with van der Waals surface area (Å²) in [5.41, 5.74) is 0. The molecule has 0 spiro atoms. The Kier molecular flexibility index (Phi) is 4.16. The van der Waals surface area contributed by atoms with E-state index in [2.05, 4.69) is 4.90 Å². The molecule has 23 heavy (non-hydrogen) atoms. The molecule has 0 bridgehead atoms. The Bertz CT molecular complexity index is 566. The number of amides is 1. The summed E-state index contributed by atoms with van der Waals surface area (Å²) in [5.74, 6) is 0.748. The molecule has 130 valence electrons. The third-order valence-electron chi connectivity index (χ3n) is 6.29. The number of rotatable bonds is 4. The van der Waals surface area contributed by atoms with Crippen LogP contribution >= 0.6 is 0 Å². The zero-order valence-corrected chi connectivity index (χ0v) is 14.6. The second-order valence-corrected chi connectivity index (χ2v) is 9.96. The highest BCUT2D eigenvalue weighted by molar-refractivity contribution is 7.90. The van der Waals surface area contributed by atoms with Gasteiger partial charge >= 0.3 is 0 Å². The molecule has 2 aliphatic heterocycles. The van der Waals surface area contributed by atoms with Crippen molar-refractivity contribution in [3.63, 3.8) is 0 Å². The van der Waals surface area contributed by atoms with E-state index in [1.807, 2.05) is 0 Å². The molecule has 1 unspecified atom stereocenters. The van der Waals surface area contributed by atoms with Gasteiger partial charge in [0.15, 0.2) is 0 Å². The number of hydrogen-bond donors (Lipinski definition) is 0. The van der Waals surface area contributed by atoms with Crippen LogP contribution in [0.5, 0.6) is 0 Å². The fourth-order valence-electron chi connectivity index (χ4n) is 4.94. The van der Waals surface area contributed by atoms with E-state index in [9.17, 15) is 13.2 Å². The highest BCUT2D eigenvalue weighted by Gasteiger charge is 2.48. The normalized spacial score (nSPS) is 33.7. The monoisotopic (exact) mass is 340 g/mol. The zero-order valence-electron chi connectivity index (χ0n) is 13.8. The third kappa shape index (κ3) is 2.82. The molecular weight excluding hydrogens is 312 g/mol. The standard InChI is InChI=1S/C17H28N2O3S/c20-17(18-11-3-7-15(18)13-5-1-2-6-13)16-8-4-12-19(16)23(21,22)14-9-10-14/h13-16H,1-12H2/t15?,16-/m0/s1. The lowest BCUT2D eigenvalue weighted by Gasteiger charge is -2.33. The average Bonchev–Trinajstić information content (AvgIpc) is 3.01. The third-order valence-corrected chi connectivity index (χ3v) is 8.69. The Hall–Kier alpha value is -0.620. The van der Waals surface area contributed by atoms with E-state index in [0.29, 0.717) is 24.9 Å². The van der Waals surface area contributed by atoms with Crippen LogP contribution in [-0.2, 0) is 14.8 Å². The van der Waals surface area contributed by atoms with Crippen molar-refractivity contribution >= 4 is 15.9 Å². The second-order valence-electron chi connectivity index (χ2n) is 7.80. The molecule has 1 amide bonds. The van der Waals surface area contributed by atoms with Gasteiger partial charge in [-0.25, -0.2) is 8.42 Å². The molecule has 4 rings (SSSR count). The van der Waals surface area contributed by atoms with Crippen LogP contribution in [0.3, 0.4) is 0 Å². The van der Waals surface area contributed by atoms with Crippen LogP contribution in [0, 0.1) is 5.92 Å². The van der Waals surface area contributed by atoms with Gasteiger partial charge in [0, 0.05) is 19.1 Å². The topological polar surface area (TPSA) is 57.7 Å². The maximum Gasteiger partial charge on any atom is 0.241 e. The van der Waals surface area contributed by atoms with Gasteiger partial charge in [-0.2, -0.15) is 4.31 Å². The van der Waals surface area contributed by atoms with Crippen molar-refractivity contribution in [1.29, 1.82) is 0 Å². The summed E-state index contributed by atoms with van der Waals surface area (Å²) in [6.45, 7) is 1.37. The van der Waals surface area contributed by atoms with Crippen LogP contribution in [-0.4, -0.2) is 54.0 Å². The lowest BCUT2D eigenvalue weighted by atomic mass is 9.95. The number of likely N-dealkylation sites (tertiary alicyclic amines) is 1. The van der Waals surface area contributed by atoms with Gasteiger partial charge in [0.05, 0.1) is 5.25 Å². The minimum atomic E-state index is -3.24. The van der Waals surface area contributed by atoms with Gasteiger partial charge in [0.1, 0.15) is 6.04 Å². The van der Waals surface area contributed by atoms with Crippen molar-refractivity contribution in [2.24, 2.45) is 5.92 Å². The van der Waals surface area contributed by atoms with E-state index >= 15 is 0 Å². The Balaban J connectivity index is 1.51. The van der Waals surface area contributed by atoms with Crippen molar-refractivity contribution in [1.82, 2.24) is 9.21 Å². The highest BCUT2D eigenvalue weighted by Crippen LogP contribution is 2.38. The van der Waals surface area contributed by atoms with Gasteiger partial charge in [-0.15, -0.1) is 0 Å². The van der Waals surface area contributed by atoms with Crippen LogP contribution in [0.15, 0.2) is 0 Å². The number of hydrogen-bond acceptors (Lipinski definition) is 3. The first-order valence-corrected chi connectivity index (χ1v) is 10.9. The van der Waals surface area contributed by atoms with Crippen molar-refractivity contribution in [2.75, 3.05) is 13.1 Å². The van der Waals surface area contributed by atoms with Gasteiger partial charge in [-0.1, -0.05) is 12.8 Å². The van der Waals surface area contributed by atoms with Crippen molar-refractivity contribution < 1.29 is 13.2 Å². The number of carbonyl (C=O) groups is 1. The molecule has 2 saturated carbocycles. The van der Waals surface area contributed by atoms with E-state index in [4.69, 9.17) is 0 Å². The molecule has 6 heteroatoms. The van der Waals surface area contributed by atoms with Crippen LogP contribution in [0.25, 0.3) is 0 Å². The Morgan fingerprint density at radius 3 is 2.22 bits per heavy atom. The zero-order chi connectivity index (χ0) is 16.0. The molecule has 2 atom stereocenters. The molecule has 0 aromatic heterocycles. The van der Waals surface area contributed by atoms with E-state index in [1.165, 1.54) is 25.7 Å².